The zero-order valence-electron chi connectivity index (χ0n) is 11.2. The van der Waals surface area contributed by atoms with Gasteiger partial charge in [-0.3, -0.25) is 0 Å². The second-order valence-corrected chi connectivity index (χ2v) is 4.43. The van der Waals surface area contributed by atoms with Gasteiger partial charge in [0.25, 0.3) is 0 Å². The summed E-state index contributed by atoms with van der Waals surface area (Å²) in [5.74, 6) is 1.84. The van der Waals surface area contributed by atoms with Crippen LogP contribution >= 0.6 is 0 Å². The van der Waals surface area contributed by atoms with Crippen molar-refractivity contribution in [2.45, 2.75) is 26.7 Å². The molecule has 0 unspecified atom stereocenters. The van der Waals surface area contributed by atoms with E-state index in [9.17, 15) is 0 Å². The summed E-state index contributed by atoms with van der Waals surface area (Å²) in [7, 11) is 0. The molecule has 0 saturated heterocycles. The molecule has 0 radical (unpaired) electrons. The summed E-state index contributed by atoms with van der Waals surface area (Å²) in [6, 6.07) is 12.2. The quantitative estimate of drug-likeness (QED) is 0.719. The normalized spacial score (nSPS) is 11.1. The third kappa shape index (κ3) is 2.10. The monoisotopic (exact) mass is 252 g/mol. The van der Waals surface area contributed by atoms with Crippen molar-refractivity contribution in [3.05, 3.63) is 48.0 Å². The minimum atomic E-state index is 0.843. The smallest absolute Gasteiger partial charge is 0.159 e. The fourth-order valence-electron chi connectivity index (χ4n) is 2.13. The van der Waals surface area contributed by atoms with Crippen LogP contribution in [0.15, 0.2) is 36.4 Å². The molecule has 0 spiro atoms. The molecule has 0 atom stereocenters. The van der Waals surface area contributed by atoms with Crippen LogP contribution in [0, 0.1) is 0 Å². The van der Waals surface area contributed by atoms with E-state index in [2.05, 4.69) is 41.0 Å². The molecule has 1 aromatic carbocycles. The van der Waals surface area contributed by atoms with Crippen LogP contribution in [0.25, 0.3) is 16.9 Å². The number of aryl methyl sites for hydroxylation is 2. The maximum Gasteiger partial charge on any atom is 0.159 e. The highest BCUT2D eigenvalue weighted by atomic mass is 15.3. The molecule has 0 N–H and O–H groups in total. The van der Waals surface area contributed by atoms with Crippen LogP contribution in [0.4, 0.5) is 0 Å². The summed E-state index contributed by atoms with van der Waals surface area (Å²) in [5.41, 5.74) is 2.92. The molecule has 19 heavy (non-hydrogen) atoms. The molecule has 0 aliphatic heterocycles. The first kappa shape index (κ1) is 11.8. The van der Waals surface area contributed by atoms with Gasteiger partial charge < -0.3 is 0 Å². The molecule has 0 amide bonds. The highest BCUT2D eigenvalue weighted by Gasteiger charge is 2.10. The lowest BCUT2D eigenvalue weighted by atomic mass is 10.2. The van der Waals surface area contributed by atoms with Gasteiger partial charge in [-0.1, -0.05) is 44.2 Å². The minimum absolute atomic E-state index is 0.843. The Morgan fingerprint density at radius 3 is 2.47 bits per heavy atom. The summed E-state index contributed by atoms with van der Waals surface area (Å²) in [5, 5.41) is 4.62. The summed E-state index contributed by atoms with van der Waals surface area (Å²) in [6.45, 7) is 4.16. The third-order valence-corrected chi connectivity index (χ3v) is 3.14. The SMILES string of the molecule is CCc1nc(CC)n2nc(-c3ccccc3)cc2n1. The fourth-order valence-corrected chi connectivity index (χ4v) is 2.13. The Morgan fingerprint density at radius 1 is 1.00 bits per heavy atom. The average molecular weight is 252 g/mol. The Bertz CT molecular complexity index is 701. The largest absolute Gasteiger partial charge is 0.218 e. The molecule has 0 aliphatic rings. The van der Waals surface area contributed by atoms with E-state index in [1.807, 2.05) is 28.8 Å². The van der Waals surface area contributed by atoms with E-state index < -0.39 is 0 Å². The Morgan fingerprint density at radius 2 is 1.79 bits per heavy atom. The summed E-state index contributed by atoms with van der Waals surface area (Å²) in [4.78, 5) is 9.07. The number of rotatable bonds is 3. The van der Waals surface area contributed by atoms with Gasteiger partial charge >= 0.3 is 0 Å². The Labute approximate surface area is 112 Å². The first-order valence-electron chi connectivity index (χ1n) is 6.62. The van der Waals surface area contributed by atoms with E-state index in [1.54, 1.807) is 0 Å². The summed E-state index contributed by atoms with van der Waals surface area (Å²) in [6.07, 6.45) is 1.69. The van der Waals surface area contributed by atoms with Crippen LogP contribution in [-0.4, -0.2) is 19.6 Å². The highest BCUT2D eigenvalue weighted by Crippen LogP contribution is 2.19. The average Bonchev–Trinajstić information content (AvgIpc) is 2.91. The summed E-state index contributed by atoms with van der Waals surface area (Å²) >= 11 is 0. The number of hydrogen-bond donors (Lipinski definition) is 0. The molecular weight excluding hydrogens is 236 g/mol. The van der Waals surface area contributed by atoms with Gasteiger partial charge in [-0.05, 0) is 0 Å². The van der Waals surface area contributed by atoms with Crippen molar-refractivity contribution >= 4 is 5.65 Å². The van der Waals surface area contributed by atoms with E-state index in [0.29, 0.717) is 0 Å². The van der Waals surface area contributed by atoms with Crippen LogP contribution < -0.4 is 0 Å². The second-order valence-electron chi connectivity index (χ2n) is 4.43. The molecule has 0 bridgehead atoms. The van der Waals surface area contributed by atoms with Crippen LogP contribution in [0.2, 0.25) is 0 Å². The van der Waals surface area contributed by atoms with Gasteiger partial charge in [0.1, 0.15) is 11.6 Å². The number of nitrogens with zero attached hydrogens (tertiary/aromatic N) is 4. The zero-order valence-corrected chi connectivity index (χ0v) is 11.2. The van der Waals surface area contributed by atoms with Crippen molar-refractivity contribution in [3.63, 3.8) is 0 Å². The van der Waals surface area contributed by atoms with Gasteiger partial charge in [-0.2, -0.15) is 5.10 Å². The molecule has 4 nitrogen and oxygen atoms in total. The van der Waals surface area contributed by atoms with Gasteiger partial charge in [0.2, 0.25) is 0 Å². The standard InChI is InChI=1S/C15H16N4/c1-3-13-16-14(4-2)19-15(17-13)10-12(18-19)11-8-6-5-7-9-11/h5-10H,3-4H2,1-2H3. The van der Waals surface area contributed by atoms with Crippen molar-refractivity contribution in [1.82, 2.24) is 19.6 Å². The van der Waals surface area contributed by atoms with Crippen LogP contribution in [0.3, 0.4) is 0 Å². The van der Waals surface area contributed by atoms with Crippen molar-refractivity contribution in [1.29, 1.82) is 0 Å². The van der Waals surface area contributed by atoms with Gasteiger partial charge in [0.05, 0.1) is 5.69 Å². The van der Waals surface area contributed by atoms with Gasteiger partial charge in [-0.15, -0.1) is 0 Å². The van der Waals surface area contributed by atoms with Gasteiger partial charge in [0.15, 0.2) is 5.65 Å². The molecule has 0 saturated carbocycles. The fraction of sp³-hybridized carbons (Fsp3) is 0.267. The molecule has 4 heteroatoms. The molecule has 0 aliphatic carbocycles. The maximum atomic E-state index is 4.62. The topological polar surface area (TPSA) is 43.1 Å². The van der Waals surface area contributed by atoms with E-state index in [4.69, 9.17) is 0 Å². The third-order valence-electron chi connectivity index (χ3n) is 3.14. The zero-order chi connectivity index (χ0) is 13.2. The lowest BCUT2D eigenvalue weighted by Crippen LogP contribution is -2.06. The van der Waals surface area contributed by atoms with Crippen molar-refractivity contribution in [3.8, 4) is 11.3 Å². The predicted octanol–water partition coefficient (Wildman–Crippen LogP) is 2.92. The van der Waals surface area contributed by atoms with Crippen molar-refractivity contribution in [2.75, 3.05) is 0 Å². The van der Waals surface area contributed by atoms with E-state index >= 15 is 0 Å². The molecule has 2 aromatic heterocycles. The number of fused-ring (bicyclic) bond motifs is 1. The van der Waals surface area contributed by atoms with Crippen molar-refractivity contribution in [2.24, 2.45) is 0 Å². The number of hydrogen-bond acceptors (Lipinski definition) is 3. The number of aromatic nitrogens is 4. The van der Waals surface area contributed by atoms with Crippen LogP contribution in [0.1, 0.15) is 25.5 Å². The second kappa shape index (κ2) is 4.80. The van der Waals surface area contributed by atoms with Crippen molar-refractivity contribution < 1.29 is 0 Å². The maximum absolute atomic E-state index is 4.62. The van der Waals surface area contributed by atoms with Crippen LogP contribution in [-0.2, 0) is 12.8 Å². The predicted molar refractivity (Wildman–Crippen MR) is 75.0 cm³/mol. The molecule has 3 rings (SSSR count). The van der Waals surface area contributed by atoms with Crippen LogP contribution in [0.5, 0.6) is 0 Å². The highest BCUT2D eigenvalue weighted by molar-refractivity contribution is 5.63. The van der Waals surface area contributed by atoms with E-state index in [1.165, 1.54) is 0 Å². The first-order valence-corrected chi connectivity index (χ1v) is 6.62. The van der Waals surface area contributed by atoms with Gasteiger partial charge in [-0.25, -0.2) is 14.5 Å². The lowest BCUT2D eigenvalue weighted by molar-refractivity contribution is 0.760. The molecular formula is C15H16N4. The number of benzene rings is 1. The van der Waals surface area contributed by atoms with E-state index in [-0.39, 0.29) is 0 Å². The molecule has 3 aromatic rings. The first-order chi connectivity index (χ1) is 9.31. The Balaban J connectivity index is 2.20. The summed E-state index contributed by atoms with van der Waals surface area (Å²) < 4.78 is 1.85. The minimum Gasteiger partial charge on any atom is -0.218 e. The Hall–Kier alpha value is -2.23. The molecule has 0 fully saturated rings. The molecule has 2 heterocycles. The van der Waals surface area contributed by atoms with E-state index in [0.717, 1.165) is 41.4 Å². The molecule has 96 valence electrons. The Kier molecular flexibility index (Phi) is 2.99. The lowest BCUT2D eigenvalue weighted by Gasteiger charge is -2.02. The van der Waals surface area contributed by atoms with Gasteiger partial charge in [0, 0.05) is 24.5 Å².